The third-order valence-electron chi connectivity index (χ3n) is 4.68. The lowest BCUT2D eigenvalue weighted by Crippen LogP contribution is -2.62. The van der Waals surface area contributed by atoms with Gasteiger partial charge in [-0.3, -0.25) is 4.79 Å². The van der Waals surface area contributed by atoms with E-state index < -0.39 is 0 Å². The lowest BCUT2D eigenvalue weighted by atomic mass is 9.79. The molecule has 1 saturated carbocycles. The Morgan fingerprint density at radius 2 is 1.55 bits per heavy atom. The van der Waals surface area contributed by atoms with Gasteiger partial charge in [0, 0.05) is 29.1 Å². The molecule has 0 bridgehead atoms. The van der Waals surface area contributed by atoms with Gasteiger partial charge in [0.25, 0.3) is 0 Å². The average molecular weight is 281 g/mol. The average Bonchev–Trinajstić information content (AvgIpc) is 2.25. The van der Waals surface area contributed by atoms with Crippen molar-refractivity contribution in [3.05, 3.63) is 0 Å². The molecule has 1 aliphatic carbocycles. The minimum atomic E-state index is 0.0780. The van der Waals surface area contributed by atoms with Crippen molar-refractivity contribution in [1.82, 2.24) is 10.6 Å². The normalized spacial score (nSPS) is 33.6. The maximum atomic E-state index is 12.4. The summed E-state index contributed by atoms with van der Waals surface area (Å²) in [4.78, 5) is 12.4. The van der Waals surface area contributed by atoms with Gasteiger partial charge in [-0.05, 0) is 66.2 Å². The Bertz CT molecular complexity index is 341. The van der Waals surface area contributed by atoms with Crippen molar-refractivity contribution in [2.45, 2.75) is 89.4 Å². The fourth-order valence-electron chi connectivity index (χ4n) is 4.12. The van der Waals surface area contributed by atoms with Gasteiger partial charge < -0.3 is 16.4 Å². The molecule has 1 saturated heterocycles. The van der Waals surface area contributed by atoms with Gasteiger partial charge in [0.1, 0.15) is 0 Å². The fraction of sp³-hybridized carbons (Fsp3) is 0.938. The molecule has 0 aromatic heterocycles. The van der Waals surface area contributed by atoms with E-state index in [-0.39, 0.29) is 28.9 Å². The monoisotopic (exact) mass is 281 g/mol. The Hall–Kier alpha value is -0.610. The standard InChI is InChI=1S/C16H31N3O/c1-15(2)9-13(10-16(3,4)19-15)18-14(20)11-5-7-12(17)8-6-11/h11-13,19H,5-10,17H2,1-4H3,(H,18,20). The molecule has 1 heterocycles. The van der Waals surface area contributed by atoms with Crippen LogP contribution in [0.25, 0.3) is 0 Å². The highest BCUT2D eigenvalue weighted by Gasteiger charge is 2.38. The summed E-state index contributed by atoms with van der Waals surface area (Å²) in [7, 11) is 0. The third kappa shape index (κ3) is 4.19. The zero-order chi connectivity index (χ0) is 15.0. The SMILES string of the molecule is CC1(C)CC(NC(=O)C2CCC(N)CC2)CC(C)(C)N1. The second-order valence-corrected chi connectivity index (χ2v) is 8.12. The van der Waals surface area contributed by atoms with E-state index >= 15 is 0 Å². The summed E-state index contributed by atoms with van der Waals surface area (Å²) in [6.07, 6.45) is 5.86. The summed E-state index contributed by atoms with van der Waals surface area (Å²) in [6, 6.07) is 0.583. The molecule has 2 aliphatic rings. The first-order chi connectivity index (χ1) is 9.17. The molecule has 4 nitrogen and oxygen atoms in total. The molecule has 1 aliphatic heterocycles. The van der Waals surface area contributed by atoms with Gasteiger partial charge >= 0.3 is 0 Å². The smallest absolute Gasteiger partial charge is 0.223 e. The molecule has 0 aromatic carbocycles. The van der Waals surface area contributed by atoms with Gasteiger partial charge in [-0.25, -0.2) is 0 Å². The van der Waals surface area contributed by atoms with Crippen LogP contribution in [0, 0.1) is 5.92 Å². The number of nitrogens with two attached hydrogens (primary N) is 1. The van der Waals surface area contributed by atoms with Gasteiger partial charge in [0.05, 0.1) is 0 Å². The van der Waals surface area contributed by atoms with Crippen LogP contribution in [0.3, 0.4) is 0 Å². The number of hydrogen-bond donors (Lipinski definition) is 3. The molecule has 2 rings (SSSR count). The quantitative estimate of drug-likeness (QED) is 0.724. The molecule has 20 heavy (non-hydrogen) atoms. The lowest BCUT2D eigenvalue weighted by Gasteiger charge is -2.47. The molecule has 0 unspecified atom stereocenters. The van der Waals surface area contributed by atoms with E-state index in [1.807, 2.05) is 0 Å². The summed E-state index contributed by atoms with van der Waals surface area (Å²) >= 11 is 0. The fourth-order valence-corrected chi connectivity index (χ4v) is 4.12. The number of carbonyl (C=O) groups excluding carboxylic acids is 1. The Morgan fingerprint density at radius 3 is 2.05 bits per heavy atom. The van der Waals surface area contributed by atoms with Gasteiger partial charge in [-0.2, -0.15) is 0 Å². The zero-order valence-corrected chi connectivity index (χ0v) is 13.5. The highest BCUT2D eigenvalue weighted by molar-refractivity contribution is 5.79. The van der Waals surface area contributed by atoms with Gasteiger partial charge in [-0.1, -0.05) is 0 Å². The molecule has 2 fully saturated rings. The second-order valence-electron chi connectivity index (χ2n) is 8.12. The molecular weight excluding hydrogens is 250 g/mol. The Kier molecular flexibility index (Phi) is 4.45. The summed E-state index contributed by atoms with van der Waals surface area (Å²) < 4.78 is 0. The minimum Gasteiger partial charge on any atom is -0.353 e. The van der Waals surface area contributed by atoms with Crippen LogP contribution < -0.4 is 16.4 Å². The summed E-state index contributed by atoms with van der Waals surface area (Å²) in [5.41, 5.74) is 6.07. The second kappa shape index (κ2) is 5.64. The molecule has 0 aromatic rings. The van der Waals surface area contributed by atoms with E-state index in [2.05, 4.69) is 38.3 Å². The molecular formula is C16H31N3O. The molecule has 4 heteroatoms. The van der Waals surface area contributed by atoms with Crippen molar-refractivity contribution in [3.63, 3.8) is 0 Å². The number of piperidine rings is 1. The third-order valence-corrected chi connectivity index (χ3v) is 4.68. The maximum Gasteiger partial charge on any atom is 0.223 e. The van der Waals surface area contributed by atoms with E-state index in [4.69, 9.17) is 5.73 Å². The topological polar surface area (TPSA) is 67.2 Å². The molecule has 4 N–H and O–H groups in total. The molecule has 116 valence electrons. The first-order valence-corrected chi connectivity index (χ1v) is 8.02. The van der Waals surface area contributed by atoms with Crippen LogP contribution in [-0.2, 0) is 4.79 Å². The van der Waals surface area contributed by atoms with Crippen LogP contribution in [-0.4, -0.2) is 29.1 Å². The zero-order valence-electron chi connectivity index (χ0n) is 13.5. The van der Waals surface area contributed by atoms with Crippen molar-refractivity contribution >= 4 is 5.91 Å². The van der Waals surface area contributed by atoms with Crippen molar-refractivity contribution in [3.8, 4) is 0 Å². The van der Waals surface area contributed by atoms with Crippen LogP contribution in [0.4, 0.5) is 0 Å². The van der Waals surface area contributed by atoms with Crippen molar-refractivity contribution in [2.24, 2.45) is 11.7 Å². The van der Waals surface area contributed by atoms with Crippen LogP contribution in [0.5, 0.6) is 0 Å². The number of amides is 1. The van der Waals surface area contributed by atoms with Gasteiger partial charge in [0.2, 0.25) is 5.91 Å². The molecule has 0 radical (unpaired) electrons. The highest BCUT2D eigenvalue weighted by atomic mass is 16.1. The molecule has 0 atom stereocenters. The maximum absolute atomic E-state index is 12.4. The van der Waals surface area contributed by atoms with E-state index in [1.54, 1.807) is 0 Å². The van der Waals surface area contributed by atoms with Crippen LogP contribution in [0.15, 0.2) is 0 Å². The van der Waals surface area contributed by atoms with Gasteiger partial charge in [0.15, 0.2) is 0 Å². The Balaban J connectivity index is 1.90. The van der Waals surface area contributed by atoms with Crippen LogP contribution in [0.1, 0.15) is 66.2 Å². The Morgan fingerprint density at radius 1 is 1.05 bits per heavy atom. The summed E-state index contributed by atoms with van der Waals surface area (Å²) in [6.45, 7) is 8.86. The first-order valence-electron chi connectivity index (χ1n) is 8.02. The predicted octanol–water partition coefficient (Wildman–Crippen LogP) is 1.93. The number of rotatable bonds is 2. The predicted molar refractivity (Wildman–Crippen MR) is 82.4 cm³/mol. The first kappa shape index (κ1) is 15.8. The number of carbonyl (C=O) groups is 1. The summed E-state index contributed by atoms with van der Waals surface area (Å²) in [5, 5.41) is 6.95. The van der Waals surface area contributed by atoms with Crippen molar-refractivity contribution in [2.75, 3.05) is 0 Å². The van der Waals surface area contributed by atoms with Crippen LogP contribution >= 0.6 is 0 Å². The van der Waals surface area contributed by atoms with Gasteiger partial charge in [-0.15, -0.1) is 0 Å². The van der Waals surface area contributed by atoms with Crippen molar-refractivity contribution < 1.29 is 4.79 Å². The number of hydrogen-bond acceptors (Lipinski definition) is 3. The minimum absolute atomic E-state index is 0.0780. The van der Waals surface area contributed by atoms with E-state index in [0.717, 1.165) is 38.5 Å². The largest absolute Gasteiger partial charge is 0.353 e. The summed E-state index contributed by atoms with van der Waals surface area (Å²) in [5.74, 6) is 0.423. The highest BCUT2D eigenvalue weighted by Crippen LogP contribution is 2.29. The van der Waals surface area contributed by atoms with Crippen molar-refractivity contribution in [1.29, 1.82) is 0 Å². The number of nitrogens with one attached hydrogen (secondary N) is 2. The molecule has 1 amide bonds. The van der Waals surface area contributed by atoms with E-state index in [0.29, 0.717) is 6.04 Å². The lowest BCUT2D eigenvalue weighted by molar-refractivity contribution is -0.127. The van der Waals surface area contributed by atoms with E-state index in [1.165, 1.54) is 0 Å². The van der Waals surface area contributed by atoms with E-state index in [9.17, 15) is 4.79 Å². The Labute approximate surface area is 123 Å². The van der Waals surface area contributed by atoms with Crippen LogP contribution in [0.2, 0.25) is 0 Å². The molecule has 0 spiro atoms.